The lowest BCUT2D eigenvalue weighted by molar-refractivity contribution is 0.0697. The van der Waals surface area contributed by atoms with Crippen molar-refractivity contribution in [3.63, 3.8) is 0 Å². The van der Waals surface area contributed by atoms with Crippen LogP contribution in [0.2, 0.25) is 5.02 Å². The van der Waals surface area contributed by atoms with Crippen LogP contribution >= 0.6 is 11.6 Å². The summed E-state index contributed by atoms with van der Waals surface area (Å²) in [6.45, 7) is 2.65. The molecule has 1 atom stereocenters. The number of aromatic nitrogens is 2. The Bertz CT molecular complexity index is 1220. The maximum atomic E-state index is 11.2. The molecule has 1 N–H and O–H groups in total. The van der Waals surface area contributed by atoms with Crippen molar-refractivity contribution in [3.8, 4) is 5.75 Å². The van der Waals surface area contributed by atoms with E-state index in [4.69, 9.17) is 26.4 Å². The Morgan fingerprint density at radius 3 is 2.53 bits per heavy atom. The van der Waals surface area contributed by atoms with Crippen molar-refractivity contribution in [3.05, 3.63) is 94.3 Å². The van der Waals surface area contributed by atoms with Crippen molar-refractivity contribution in [2.24, 2.45) is 0 Å². The summed E-state index contributed by atoms with van der Waals surface area (Å²) in [7, 11) is 1.63. The van der Waals surface area contributed by atoms with Gasteiger partial charge in [0.05, 0.1) is 30.3 Å². The Balaban J connectivity index is 1.82. The highest BCUT2D eigenvalue weighted by Gasteiger charge is 2.20. The minimum atomic E-state index is -0.938. The molecule has 0 saturated heterocycles. The third-order valence-electron chi connectivity index (χ3n) is 5.32. The minimum Gasteiger partial charge on any atom is -0.497 e. The molecule has 152 valence electrons. The molecule has 30 heavy (non-hydrogen) atoms. The van der Waals surface area contributed by atoms with E-state index >= 15 is 0 Å². The van der Waals surface area contributed by atoms with Crippen LogP contribution in [-0.4, -0.2) is 27.7 Å². The summed E-state index contributed by atoms with van der Waals surface area (Å²) >= 11 is 6.43. The number of halogens is 1. The first kappa shape index (κ1) is 20.0. The first-order chi connectivity index (χ1) is 14.5. The van der Waals surface area contributed by atoms with Crippen molar-refractivity contribution in [1.82, 2.24) is 9.55 Å². The molecule has 0 saturated carbocycles. The Labute approximate surface area is 179 Å². The fourth-order valence-electron chi connectivity index (χ4n) is 3.61. The van der Waals surface area contributed by atoms with Crippen LogP contribution in [0, 0.1) is 0 Å². The monoisotopic (exact) mass is 420 g/mol. The highest BCUT2D eigenvalue weighted by molar-refractivity contribution is 6.31. The Morgan fingerprint density at radius 1 is 1.13 bits per heavy atom. The number of hydrogen-bond acceptors (Lipinski definition) is 3. The number of carbonyl (C=O) groups is 1. The van der Waals surface area contributed by atoms with Crippen LogP contribution in [-0.2, 0) is 6.54 Å². The summed E-state index contributed by atoms with van der Waals surface area (Å²) in [4.78, 5) is 16.1. The summed E-state index contributed by atoms with van der Waals surface area (Å²) in [6, 6.07) is 20.5. The molecule has 0 amide bonds. The topological polar surface area (TPSA) is 64.3 Å². The number of nitrogens with zero attached hydrogens (tertiary/aromatic N) is 2. The van der Waals surface area contributed by atoms with Gasteiger partial charge in [-0.25, -0.2) is 9.78 Å². The molecule has 0 bridgehead atoms. The van der Waals surface area contributed by atoms with Gasteiger partial charge in [-0.15, -0.1) is 0 Å². The molecular formula is C24H21ClN2O3. The van der Waals surface area contributed by atoms with E-state index in [9.17, 15) is 4.79 Å². The normalized spacial score (nSPS) is 12.1. The molecule has 1 unspecified atom stereocenters. The predicted octanol–water partition coefficient (Wildman–Crippen LogP) is 5.60. The van der Waals surface area contributed by atoms with Crippen LogP contribution in [0.4, 0.5) is 0 Å². The lowest BCUT2D eigenvalue weighted by atomic mass is 9.99. The second-order valence-corrected chi connectivity index (χ2v) is 7.56. The summed E-state index contributed by atoms with van der Waals surface area (Å²) in [5, 5.41) is 9.88. The number of rotatable bonds is 6. The van der Waals surface area contributed by atoms with Gasteiger partial charge in [-0.1, -0.05) is 48.9 Å². The Kier molecular flexibility index (Phi) is 5.46. The van der Waals surface area contributed by atoms with Crippen LogP contribution in [0.5, 0.6) is 5.75 Å². The van der Waals surface area contributed by atoms with Gasteiger partial charge in [-0.3, -0.25) is 0 Å². The van der Waals surface area contributed by atoms with Crippen LogP contribution in [0.25, 0.3) is 11.0 Å². The van der Waals surface area contributed by atoms with Crippen LogP contribution in [0.1, 0.15) is 40.2 Å². The zero-order chi connectivity index (χ0) is 21.3. The number of benzene rings is 3. The molecular weight excluding hydrogens is 400 g/mol. The molecule has 4 aromatic rings. The van der Waals surface area contributed by atoms with E-state index in [0.717, 1.165) is 33.7 Å². The molecule has 0 spiro atoms. The van der Waals surface area contributed by atoms with Crippen LogP contribution in [0.15, 0.2) is 66.7 Å². The fourth-order valence-corrected chi connectivity index (χ4v) is 3.81. The van der Waals surface area contributed by atoms with Crippen LogP contribution < -0.4 is 4.74 Å². The smallest absolute Gasteiger partial charge is 0.335 e. The van der Waals surface area contributed by atoms with Gasteiger partial charge in [-0.05, 0) is 41.5 Å². The van der Waals surface area contributed by atoms with E-state index in [1.54, 1.807) is 19.2 Å². The molecule has 0 aliphatic heterocycles. The van der Waals surface area contributed by atoms with Gasteiger partial charge in [0.1, 0.15) is 11.6 Å². The van der Waals surface area contributed by atoms with Crippen molar-refractivity contribution in [1.29, 1.82) is 0 Å². The van der Waals surface area contributed by atoms with Crippen molar-refractivity contribution >= 4 is 28.6 Å². The highest BCUT2D eigenvalue weighted by atomic mass is 35.5. The molecule has 0 fully saturated rings. The third-order valence-corrected chi connectivity index (χ3v) is 5.68. The lowest BCUT2D eigenvalue weighted by Gasteiger charge is -2.16. The summed E-state index contributed by atoms with van der Waals surface area (Å²) in [5.74, 6) is 0.636. The van der Waals surface area contributed by atoms with E-state index in [0.29, 0.717) is 11.6 Å². The van der Waals surface area contributed by atoms with E-state index in [1.807, 2.05) is 54.6 Å². The van der Waals surface area contributed by atoms with Crippen molar-refractivity contribution < 1.29 is 14.6 Å². The molecule has 5 nitrogen and oxygen atoms in total. The summed E-state index contributed by atoms with van der Waals surface area (Å²) in [5.41, 5.74) is 4.08. The maximum absolute atomic E-state index is 11.2. The third kappa shape index (κ3) is 3.76. The number of methoxy groups -OCH3 is 1. The predicted molar refractivity (Wildman–Crippen MR) is 118 cm³/mol. The Morgan fingerprint density at radius 2 is 1.87 bits per heavy atom. The number of fused-ring (bicyclic) bond motifs is 1. The number of imidazole rings is 1. The molecule has 0 radical (unpaired) electrons. The van der Waals surface area contributed by atoms with Gasteiger partial charge in [0.25, 0.3) is 0 Å². The summed E-state index contributed by atoms with van der Waals surface area (Å²) < 4.78 is 7.52. The molecule has 3 aromatic carbocycles. The van der Waals surface area contributed by atoms with Gasteiger partial charge < -0.3 is 14.4 Å². The molecule has 1 heterocycles. The average molecular weight is 421 g/mol. The first-order valence-corrected chi connectivity index (χ1v) is 9.96. The van der Waals surface area contributed by atoms with Gasteiger partial charge in [0.15, 0.2) is 0 Å². The zero-order valence-corrected chi connectivity index (χ0v) is 17.4. The van der Waals surface area contributed by atoms with Gasteiger partial charge in [0, 0.05) is 17.0 Å². The van der Waals surface area contributed by atoms with E-state index in [2.05, 4.69) is 11.5 Å². The molecule has 1 aromatic heterocycles. The average Bonchev–Trinajstić information content (AvgIpc) is 3.12. The standard InChI is InChI=1S/C24H21ClN2O3/c1-15(16-7-9-17(10-8-16)24(28)29)23-26-21-13-19(30-2)11-12-22(21)27(23)14-18-5-3-4-6-20(18)25/h3-13,15H,14H2,1-2H3,(H,28,29). The Hall–Kier alpha value is -3.31. The summed E-state index contributed by atoms with van der Waals surface area (Å²) in [6.07, 6.45) is 0. The number of carboxylic acids is 1. The van der Waals surface area contributed by atoms with Gasteiger partial charge in [0.2, 0.25) is 0 Å². The molecule has 6 heteroatoms. The SMILES string of the molecule is COc1ccc2c(c1)nc(C(C)c1ccc(C(=O)O)cc1)n2Cc1ccccc1Cl. The van der Waals surface area contributed by atoms with E-state index < -0.39 is 5.97 Å². The minimum absolute atomic E-state index is 0.0475. The molecule has 0 aliphatic carbocycles. The van der Waals surface area contributed by atoms with Crippen molar-refractivity contribution in [2.75, 3.05) is 7.11 Å². The fraction of sp³-hybridized carbons (Fsp3) is 0.167. The largest absolute Gasteiger partial charge is 0.497 e. The first-order valence-electron chi connectivity index (χ1n) is 9.58. The number of ether oxygens (including phenoxy) is 1. The maximum Gasteiger partial charge on any atom is 0.335 e. The second kappa shape index (κ2) is 8.20. The van der Waals surface area contributed by atoms with E-state index in [1.165, 1.54) is 0 Å². The van der Waals surface area contributed by atoms with E-state index in [-0.39, 0.29) is 11.5 Å². The molecule has 4 rings (SSSR count). The number of hydrogen-bond donors (Lipinski definition) is 1. The molecule has 0 aliphatic rings. The zero-order valence-electron chi connectivity index (χ0n) is 16.7. The number of carboxylic acid groups (broad SMARTS) is 1. The highest BCUT2D eigenvalue weighted by Crippen LogP contribution is 2.31. The number of aromatic carboxylic acids is 1. The lowest BCUT2D eigenvalue weighted by Crippen LogP contribution is -2.10. The second-order valence-electron chi connectivity index (χ2n) is 7.15. The quantitative estimate of drug-likeness (QED) is 0.441. The van der Waals surface area contributed by atoms with Gasteiger partial charge >= 0.3 is 5.97 Å². The van der Waals surface area contributed by atoms with Gasteiger partial charge in [-0.2, -0.15) is 0 Å². The van der Waals surface area contributed by atoms with Crippen LogP contribution in [0.3, 0.4) is 0 Å². The van der Waals surface area contributed by atoms with Crippen molar-refractivity contribution in [2.45, 2.75) is 19.4 Å².